The number of halogens is 1. The van der Waals surface area contributed by atoms with Gasteiger partial charge in [-0.05, 0) is 24.1 Å². The lowest BCUT2D eigenvalue weighted by atomic mass is 10.1. The topological polar surface area (TPSA) is 67.8 Å². The summed E-state index contributed by atoms with van der Waals surface area (Å²) in [6.45, 7) is 2.51. The summed E-state index contributed by atoms with van der Waals surface area (Å²) in [5.41, 5.74) is 2.42. The molecule has 0 saturated heterocycles. The van der Waals surface area contributed by atoms with E-state index in [0.717, 1.165) is 11.1 Å². The number of nitrogens with one attached hydrogen (secondary N) is 1. The van der Waals surface area contributed by atoms with Crippen LogP contribution < -0.4 is 5.32 Å². The van der Waals surface area contributed by atoms with Crippen LogP contribution in [0.5, 0.6) is 0 Å². The van der Waals surface area contributed by atoms with Crippen LogP contribution in [0.4, 0.5) is 5.82 Å². The minimum atomic E-state index is 0.147. The van der Waals surface area contributed by atoms with Gasteiger partial charge in [0.2, 0.25) is 0 Å². The number of hydrogen-bond acceptors (Lipinski definition) is 5. The van der Waals surface area contributed by atoms with E-state index in [0.29, 0.717) is 18.6 Å². The maximum atomic E-state index is 10.9. The van der Waals surface area contributed by atoms with Gasteiger partial charge in [0, 0.05) is 18.9 Å². The van der Waals surface area contributed by atoms with Gasteiger partial charge in [0.15, 0.2) is 6.29 Å². The lowest BCUT2D eigenvalue weighted by molar-refractivity contribution is 0.112. The van der Waals surface area contributed by atoms with Crippen LogP contribution in [0.25, 0.3) is 0 Å². The lowest BCUT2D eigenvalue weighted by Gasteiger charge is -2.09. The Kier molecular flexibility index (Phi) is 3.84. The third-order valence-corrected chi connectivity index (χ3v) is 2.84. The molecular formula is C12H11ClN4O. The molecule has 1 N–H and O–H groups in total. The second-order valence-corrected chi connectivity index (χ2v) is 4.06. The van der Waals surface area contributed by atoms with Gasteiger partial charge in [0.1, 0.15) is 17.3 Å². The fourth-order valence-electron chi connectivity index (χ4n) is 1.50. The van der Waals surface area contributed by atoms with Crippen LogP contribution in [-0.4, -0.2) is 21.2 Å². The molecule has 18 heavy (non-hydrogen) atoms. The zero-order valence-electron chi connectivity index (χ0n) is 9.72. The van der Waals surface area contributed by atoms with Crippen molar-refractivity contribution in [2.45, 2.75) is 13.5 Å². The third kappa shape index (κ3) is 2.62. The highest BCUT2D eigenvalue weighted by Crippen LogP contribution is 2.18. The molecular weight excluding hydrogens is 252 g/mol. The monoisotopic (exact) mass is 262 g/mol. The molecule has 0 spiro atoms. The standard InChI is InChI=1S/C12H11ClN4O/c1-8-4-14-3-2-9(8)5-15-12-10(6-18)11(13)16-7-17-12/h2-4,6-7H,5H2,1H3,(H,15,16,17). The number of hydrogen-bond donors (Lipinski definition) is 1. The van der Waals surface area contributed by atoms with Crippen LogP contribution in [0.3, 0.4) is 0 Å². The van der Waals surface area contributed by atoms with E-state index >= 15 is 0 Å². The summed E-state index contributed by atoms with van der Waals surface area (Å²) in [6.07, 6.45) is 5.46. The fraction of sp³-hybridized carbons (Fsp3) is 0.167. The van der Waals surface area contributed by atoms with E-state index in [2.05, 4.69) is 20.3 Å². The molecule has 2 rings (SSSR count). The summed E-state index contributed by atoms with van der Waals surface area (Å²) >= 11 is 5.81. The summed E-state index contributed by atoms with van der Waals surface area (Å²) in [6, 6.07) is 1.91. The molecule has 6 heteroatoms. The molecule has 0 aromatic carbocycles. The highest BCUT2D eigenvalue weighted by Gasteiger charge is 2.08. The van der Waals surface area contributed by atoms with E-state index in [1.165, 1.54) is 6.33 Å². The molecule has 0 fully saturated rings. The number of pyridine rings is 1. The quantitative estimate of drug-likeness (QED) is 0.676. The van der Waals surface area contributed by atoms with Crippen molar-refractivity contribution in [2.24, 2.45) is 0 Å². The molecule has 2 aromatic heterocycles. The number of carbonyl (C=O) groups is 1. The van der Waals surface area contributed by atoms with E-state index in [9.17, 15) is 4.79 Å². The van der Waals surface area contributed by atoms with Gasteiger partial charge >= 0.3 is 0 Å². The van der Waals surface area contributed by atoms with Gasteiger partial charge in [-0.15, -0.1) is 0 Å². The van der Waals surface area contributed by atoms with E-state index < -0.39 is 0 Å². The van der Waals surface area contributed by atoms with Crippen LogP contribution in [0, 0.1) is 6.92 Å². The Morgan fingerprint density at radius 1 is 1.44 bits per heavy atom. The molecule has 0 amide bonds. The molecule has 0 bridgehead atoms. The van der Waals surface area contributed by atoms with Crippen molar-refractivity contribution < 1.29 is 4.79 Å². The number of rotatable bonds is 4. The highest BCUT2D eigenvalue weighted by molar-refractivity contribution is 6.32. The minimum Gasteiger partial charge on any atom is -0.365 e. The summed E-state index contributed by atoms with van der Waals surface area (Å²) in [7, 11) is 0. The Morgan fingerprint density at radius 2 is 2.28 bits per heavy atom. The van der Waals surface area contributed by atoms with Gasteiger partial charge in [-0.1, -0.05) is 11.6 Å². The first kappa shape index (κ1) is 12.4. The van der Waals surface area contributed by atoms with E-state index in [1.54, 1.807) is 12.4 Å². The Balaban J connectivity index is 2.18. The molecule has 5 nitrogen and oxygen atoms in total. The first-order chi connectivity index (χ1) is 8.72. The largest absolute Gasteiger partial charge is 0.365 e. The maximum absolute atomic E-state index is 10.9. The van der Waals surface area contributed by atoms with Gasteiger partial charge < -0.3 is 5.32 Å². The molecule has 0 atom stereocenters. The summed E-state index contributed by atoms with van der Waals surface area (Å²) in [5.74, 6) is 0.432. The van der Waals surface area contributed by atoms with E-state index in [1.807, 2.05) is 13.0 Å². The van der Waals surface area contributed by atoms with Crippen LogP contribution in [0.1, 0.15) is 21.5 Å². The Hall–Kier alpha value is -2.01. The van der Waals surface area contributed by atoms with Crippen LogP contribution >= 0.6 is 11.6 Å². The van der Waals surface area contributed by atoms with Gasteiger partial charge in [0.25, 0.3) is 0 Å². The van der Waals surface area contributed by atoms with Gasteiger partial charge in [-0.25, -0.2) is 9.97 Å². The van der Waals surface area contributed by atoms with Crippen molar-refractivity contribution in [2.75, 3.05) is 5.32 Å². The predicted octanol–water partition coefficient (Wildman–Crippen LogP) is 2.26. The van der Waals surface area contributed by atoms with Crippen LogP contribution in [0.2, 0.25) is 5.15 Å². The average Bonchev–Trinajstić information content (AvgIpc) is 2.38. The molecule has 0 aliphatic heterocycles. The predicted molar refractivity (Wildman–Crippen MR) is 68.7 cm³/mol. The zero-order chi connectivity index (χ0) is 13.0. The minimum absolute atomic E-state index is 0.147. The lowest BCUT2D eigenvalue weighted by Crippen LogP contribution is -2.06. The molecule has 0 aliphatic rings. The second-order valence-electron chi connectivity index (χ2n) is 3.70. The van der Waals surface area contributed by atoms with E-state index in [-0.39, 0.29) is 10.7 Å². The van der Waals surface area contributed by atoms with E-state index in [4.69, 9.17) is 11.6 Å². The van der Waals surface area contributed by atoms with Gasteiger partial charge in [-0.2, -0.15) is 0 Å². The SMILES string of the molecule is Cc1cnccc1CNc1ncnc(Cl)c1C=O. The smallest absolute Gasteiger partial charge is 0.156 e. The molecule has 0 aliphatic carbocycles. The first-order valence-electron chi connectivity index (χ1n) is 5.31. The van der Waals surface area contributed by atoms with Crippen molar-refractivity contribution in [1.82, 2.24) is 15.0 Å². The van der Waals surface area contributed by atoms with Crippen molar-refractivity contribution in [3.8, 4) is 0 Å². The fourth-order valence-corrected chi connectivity index (χ4v) is 1.68. The summed E-state index contributed by atoms with van der Waals surface area (Å²) in [5, 5.41) is 3.21. The number of anilines is 1. The maximum Gasteiger partial charge on any atom is 0.156 e. The summed E-state index contributed by atoms with van der Waals surface area (Å²) in [4.78, 5) is 22.7. The summed E-state index contributed by atoms with van der Waals surface area (Å²) < 4.78 is 0. The Morgan fingerprint density at radius 3 is 3.00 bits per heavy atom. The van der Waals surface area contributed by atoms with Gasteiger partial charge in [-0.3, -0.25) is 9.78 Å². The number of aromatic nitrogens is 3. The molecule has 2 aromatic rings. The van der Waals surface area contributed by atoms with Crippen LogP contribution in [-0.2, 0) is 6.54 Å². The molecule has 2 heterocycles. The van der Waals surface area contributed by atoms with Crippen molar-refractivity contribution in [3.63, 3.8) is 0 Å². The number of nitrogens with zero attached hydrogens (tertiary/aromatic N) is 3. The number of carbonyl (C=O) groups excluding carboxylic acids is 1. The Labute approximate surface area is 109 Å². The Bertz CT molecular complexity index is 574. The molecule has 0 saturated carbocycles. The highest BCUT2D eigenvalue weighted by atomic mass is 35.5. The molecule has 92 valence electrons. The average molecular weight is 263 g/mol. The van der Waals surface area contributed by atoms with Gasteiger partial charge in [0.05, 0.1) is 5.56 Å². The van der Waals surface area contributed by atoms with Crippen molar-refractivity contribution in [1.29, 1.82) is 0 Å². The molecule has 0 unspecified atom stereocenters. The number of aryl methyl sites for hydroxylation is 1. The normalized spacial score (nSPS) is 10.1. The number of aldehydes is 1. The van der Waals surface area contributed by atoms with Crippen LogP contribution in [0.15, 0.2) is 24.8 Å². The second kappa shape index (κ2) is 5.55. The first-order valence-corrected chi connectivity index (χ1v) is 5.69. The van der Waals surface area contributed by atoms with Crippen molar-refractivity contribution in [3.05, 3.63) is 46.6 Å². The van der Waals surface area contributed by atoms with Crippen molar-refractivity contribution >= 4 is 23.7 Å². The zero-order valence-corrected chi connectivity index (χ0v) is 10.5. The molecule has 0 radical (unpaired) electrons. The third-order valence-electron chi connectivity index (χ3n) is 2.54.